The fourth-order valence-corrected chi connectivity index (χ4v) is 1.32. The van der Waals surface area contributed by atoms with Gasteiger partial charge in [-0.1, -0.05) is 0 Å². The minimum atomic E-state index is -0.522. The van der Waals surface area contributed by atoms with Crippen molar-refractivity contribution in [3.8, 4) is 5.88 Å². The van der Waals surface area contributed by atoms with Crippen molar-refractivity contribution in [3.63, 3.8) is 0 Å². The molecule has 70 valence electrons. The Morgan fingerprint density at radius 2 is 2.57 bits per heavy atom. The molecule has 0 radical (unpaired) electrons. The van der Waals surface area contributed by atoms with Crippen molar-refractivity contribution in [3.05, 3.63) is 34.8 Å². The molecule has 2 N–H and O–H groups in total. The lowest BCUT2D eigenvalue weighted by Gasteiger charge is -1.97. The van der Waals surface area contributed by atoms with Crippen LogP contribution in [0.15, 0.2) is 12.3 Å². The third-order valence-corrected chi connectivity index (χ3v) is 2.00. The van der Waals surface area contributed by atoms with Gasteiger partial charge in [0.25, 0.3) is 0 Å². The molecule has 2 rings (SSSR count). The zero-order valence-corrected chi connectivity index (χ0v) is 7.23. The Kier molecular flexibility index (Phi) is 1.82. The number of carbonyl (C=O) groups is 1. The number of ether oxygens (including phenoxy) is 1. The predicted octanol–water partition coefficient (Wildman–Crippen LogP) is 0.361. The summed E-state index contributed by atoms with van der Waals surface area (Å²) >= 11 is 0. The van der Waals surface area contributed by atoms with Crippen LogP contribution in [-0.4, -0.2) is 17.1 Å². The van der Waals surface area contributed by atoms with Gasteiger partial charge in [-0.2, -0.15) is 0 Å². The summed E-state index contributed by atoms with van der Waals surface area (Å²) in [6.45, 7) is 6.79. The van der Waals surface area contributed by atoms with Gasteiger partial charge in [0.05, 0.1) is 12.0 Å². The average Bonchev–Trinajstić information content (AvgIpc) is 2.58. The molecule has 1 aromatic heterocycles. The summed E-state index contributed by atoms with van der Waals surface area (Å²) in [6.07, 6.45) is 1.31. The van der Waals surface area contributed by atoms with Crippen LogP contribution in [0.3, 0.4) is 0 Å². The second-order valence-corrected chi connectivity index (χ2v) is 2.96. The van der Waals surface area contributed by atoms with E-state index in [1.54, 1.807) is 6.07 Å². The number of primary amides is 1. The predicted molar refractivity (Wildman–Crippen MR) is 47.5 cm³/mol. The van der Waals surface area contributed by atoms with Crippen LogP contribution in [0.1, 0.15) is 15.9 Å². The molecule has 0 fully saturated rings. The van der Waals surface area contributed by atoms with E-state index >= 15 is 0 Å². The molecule has 1 atom stereocenters. The van der Waals surface area contributed by atoms with Crippen LogP contribution in [0, 0.1) is 6.57 Å². The number of hydrogen-bond donors (Lipinski definition) is 1. The normalized spacial score (nSPS) is 18.1. The molecule has 0 aromatic carbocycles. The summed E-state index contributed by atoms with van der Waals surface area (Å²) in [5, 5.41) is 0. The minimum absolute atomic E-state index is 0.345. The summed E-state index contributed by atoms with van der Waals surface area (Å²) in [5.74, 6) is -0.0948. The fourth-order valence-electron chi connectivity index (χ4n) is 1.32. The second-order valence-electron chi connectivity index (χ2n) is 2.96. The summed E-state index contributed by atoms with van der Waals surface area (Å²) < 4.78 is 5.17. The summed E-state index contributed by atoms with van der Waals surface area (Å²) in [7, 11) is 0. The van der Waals surface area contributed by atoms with Crippen LogP contribution in [-0.2, 0) is 6.42 Å². The Morgan fingerprint density at radius 1 is 1.79 bits per heavy atom. The molecule has 0 saturated carbocycles. The standard InChI is InChI=1S/C9H7N3O2/c1-11-7-3-5-2-6(8(10)13)4-12-9(5)14-7/h2,4,7H,3H2,(H2,10,13)/t7-/m0/s1. The maximum atomic E-state index is 10.8. The minimum Gasteiger partial charge on any atom is -0.405 e. The largest absolute Gasteiger partial charge is 0.405 e. The van der Waals surface area contributed by atoms with Gasteiger partial charge in [0.15, 0.2) is 0 Å². The lowest BCUT2D eigenvalue weighted by atomic mass is 10.1. The van der Waals surface area contributed by atoms with Gasteiger partial charge in [-0.25, -0.2) is 11.6 Å². The first kappa shape index (κ1) is 8.51. The van der Waals surface area contributed by atoms with Crippen LogP contribution < -0.4 is 10.5 Å². The molecule has 1 aliphatic heterocycles. The second kappa shape index (κ2) is 3.00. The Balaban J connectivity index is 2.36. The molecule has 1 aromatic rings. The molecule has 0 spiro atoms. The number of hydrogen-bond acceptors (Lipinski definition) is 3. The van der Waals surface area contributed by atoms with Crippen LogP contribution in [0.4, 0.5) is 0 Å². The third kappa shape index (κ3) is 1.27. The van der Waals surface area contributed by atoms with Gasteiger partial charge < -0.3 is 10.5 Å². The van der Waals surface area contributed by atoms with Crippen molar-refractivity contribution in [1.82, 2.24) is 4.98 Å². The van der Waals surface area contributed by atoms with E-state index in [0.29, 0.717) is 17.9 Å². The Morgan fingerprint density at radius 3 is 3.21 bits per heavy atom. The molecular weight excluding hydrogens is 182 g/mol. The van der Waals surface area contributed by atoms with E-state index in [2.05, 4.69) is 9.83 Å². The maximum Gasteiger partial charge on any atom is 0.371 e. The molecule has 0 aliphatic carbocycles. The smallest absolute Gasteiger partial charge is 0.371 e. The molecule has 0 bridgehead atoms. The van der Waals surface area contributed by atoms with Gasteiger partial charge in [0, 0.05) is 11.8 Å². The number of amides is 1. The SMILES string of the molecule is [C-]#[N+][C@@H]1Cc2cc(C(N)=O)cnc2O1. The Bertz CT molecular complexity index is 436. The van der Waals surface area contributed by atoms with E-state index in [0.717, 1.165) is 5.56 Å². The van der Waals surface area contributed by atoms with Crippen LogP contribution in [0.25, 0.3) is 4.85 Å². The zero-order valence-electron chi connectivity index (χ0n) is 7.23. The van der Waals surface area contributed by atoms with E-state index in [1.807, 2.05) is 0 Å². The van der Waals surface area contributed by atoms with Crippen LogP contribution in [0.2, 0.25) is 0 Å². The molecule has 0 unspecified atom stereocenters. The van der Waals surface area contributed by atoms with Crippen molar-refractivity contribution < 1.29 is 9.53 Å². The first-order valence-corrected chi connectivity index (χ1v) is 4.02. The number of nitrogens with zero attached hydrogens (tertiary/aromatic N) is 2. The highest BCUT2D eigenvalue weighted by atomic mass is 16.5. The molecule has 14 heavy (non-hydrogen) atoms. The highest BCUT2D eigenvalue weighted by molar-refractivity contribution is 5.92. The number of rotatable bonds is 1. The number of aromatic nitrogens is 1. The maximum absolute atomic E-state index is 10.8. The monoisotopic (exact) mass is 189 g/mol. The first-order valence-electron chi connectivity index (χ1n) is 4.02. The lowest BCUT2D eigenvalue weighted by molar-refractivity contribution is 0.1000. The summed E-state index contributed by atoms with van der Waals surface area (Å²) in [4.78, 5) is 18.0. The molecule has 2 heterocycles. The van der Waals surface area contributed by atoms with Crippen molar-refractivity contribution >= 4 is 5.91 Å². The van der Waals surface area contributed by atoms with E-state index in [9.17, 15) is 4.79 Å². The molecular formula is C9H7N3O2. The lowest BCUT2D eigenvalue weighted by Crippen LogP contribution is -2.11. The average molecular weight is 189 g/mol. The van der Waals surface area contributed by atoms with E-state index < -0.39 is 12.1 Å². The number of pyridine rings is 1. The van der Waals surface area contributed by atoms with Crippen molar-refractivity contribution in [2.75, 3.05) is 0 Å². The van der Waals surface area contributed by atoms with Gasteiger partial charge in [-0.05, 0) is 6.07 Å². The quantitative estimate of drug-likeness (QED) is 0.648. The molecule has 1 aliphatic rings. The van der Waals surface area contributed by atoms with Crippen molar-refractivity contribution in [2.45, 2.75) is 12.6 Å². The number of nitrogens with two attached hydrogens (primary N) is 1. The van der Waals surface area contributed by atoms with Crippen LogP contribution >= 0.6 is 0 Å². The summed E-state index contributed by atoms with van der Waals surface area (Å²) in [6, 6.07) is 1.62. The van der Waals surface area contributed by atoms with Gasteiger partial charge in [-0.15, -0.1) is 0 Å². The fraction of sp³-hybridized carbons (Fsp3) is 0.222. The third-order valence-electron chi connectivity index (χ3n) is 2.00. The Hall–Kier alpha value is -2.09. The highest BCUT2D eigenvalue weighted by Crippen LogP contribution is 2.27. The van der Waals surface area contributed by atoms with Gasteiger partial charge in [-0.3, -0.25) is 9.64 Å². The number of carbonyl (C=O) groups excluding carboxylic acids is 1. The molecule has 0 saturated heterocycles. The number of fused-ring (bicyclic) bond motifs is 1. The zero-order chi connectivity index (χ0) is 10.1. The van der Waals surface area contributed by atoms with E-state index in [4.69, 9.17) is 17.0 Å². The molecule has 5 nitrogen and oxygen atoms in total. The highest BCUT2D eigenvalue weighted by Gasteiger charge is 2.28. The molecule has 1 amide bonds. The van der Waals surface area contributed by atoms with E-state index in [1.165, 1.54) is 6.20 Å². The van der Waals surface area contributed by atoms with E-state index in [-0.39, 0.29) is 0 Å². The van der Waals surface area contributed by atoms with Crippen molar-refractivity contribution in [2.24, 2.45) is 5.73 Å². The Labute approximate surface area is 80.3 Å². The van der Waals surface area contributed by atoms with Gasteiger partial charge >= 0.3 is 6.23 Å². The summed E-state index contributed by atoms with van der Waals surface area (Å²) in [5.41, 5.74) is 6.21. The van der Waals surface area contributed by atoms with Crippen molar-refractivity contribution in [1.29, 1.82) is 0 Å². The van der Waals surface area contributed by atoms with Gasteiger partial charge in [0.1, 0.15) is 0 Å². The molecule has 5 heteroatoms. The van der Waals surface area contributed by atoms with Gasteiger partial charge in [0.2, 0.25) is 11.8 Å². The van der Waals surface area contributed by atoms with Crippen LogP contribution in [0.5, 0.6) is 5.88 Å². The topological polar surface area (TPSA) is 69.6 Å². The first-order chi connectivity index (χ1) is 6.70.